The SMILES string of the molecule is [C-]#[N+]c1ccc(N2C[C@@H](C)C[C@@H](NC(=O)OC(C)(C)C)C2)c2cccnc12. The highest BCUT2D eigenvalue weighted by atomic mass is 16.6. The molecule has 1 aromatic carbocycles. The summed E-state index contributed by atoms with van der Waals surface area (Å²) in [5, 5.41) is 3.98. The highest BCUT2D eigenvalue weighted by Gasteiger charge is 2.28. The summed E-state index contributed by atoms with van der Waals surface area (Å²) in [5.74, 6) is 0.422. The number of fused-ring (bicyclic) bond motifs is 1. The van der Waals surface area contributed by atoms with Crippen LogP contribution in [-0.4, -0.2) is 35.8 Å². The Hall–Kier alpha value is -2.81. The number of rotatable bonds is 2. The molecule has 142 valence electrons. The molecule has 2 atom stereocenters. The van der Waals surface area contributed by atoms with E-state index in [2.05, 4.69) is 27.0 Å². The van der Waals surface area contributed by atoms with Crippen molar-refractivity contribution in [1.29, 1.82) is 0 Å². The van der Waals surface area contributed by atoms with Gasteiger partial charge in [0.1, 0.15) is 5.60 Å². The molecule has 0 unspecified atom stereocenters. The number of hydrogen-bond donors (Lipinski definition) is 1. The van der Waals surface area contributed by atoms with E-state index in [4.69, 9.17) is 11.3 Å². The van der Waals surface area contributed by atoms with Crippen molar-refractivity contribution in [2.75, 3.05) is 18.0 Å². The summed E-state index contributed by atoms with van der Waals surface area (Å²) in [6.45, 7) is 16.7. The Labute approximate surface area is 160 Å². The topological polar surface area (TPSA) is 58.8 Å². The molecule has 2 heterocycles. The molecule has 1 aliphatic rings. The number of anilines is 1. The van der Waals surface area contributed by atoms with Crippen molar-refractivity contribution in [2.45, 2.75) is 45.8 Å². The van der Waals surface area contributed by atoms with E-state index in [1.165, 1.54) is 0 Å². The predicted octanol–water partition coefficient (Wildman–Crippen LogP) is 4.53. The fourth-order valence-corrected chi connectivity index (χ4v) is 3.64. The molecule has 1 aliphatic heterocycles. The number of carbonyl (C=O) groups excluding carboxylic acids is 1. The monoisotopic (exact) mass is 366 g/mol. The van der Waals surface area contributed by atoms with Crippen molar-refractivity contribution in [3.05, 3.63) is 41.9 Å². The maximum absolute atomic E-state index is 12.2. The minimum Gasteiger partial charge on any atom is -0.444 e. The summed E-state index contributed by atoms with van der Waals surface area (Å²) in [6, 6.07) is 7.72. The smallest absolute Gasteiger partial charge is 0.407 e. The van der Waals surface area contributed by atoms with Gasteiger partial charge in [-0.2, -0.15) is 0 Å². The first kappa shape index (κ1) is 19.0. The van der Waals surface area contributed by atoms with E-state index in [9.17, 15) is 4.79 Å². The summed E-state index contributed by atoms with van der Waals surface area (Å²) >= 11 is 0. The molecule has 2 aromatic rings. The second kappa shape index (κ2) is 7.43. The van der Waals surface area contributed by atoms with Crippen LogP contribution in [0.2, 0.25) is 0 Å². The van der Waals surface area contributed by atoms with E-state index >= 15 is 0 Å². The largest absolute Gasteiger partial charge is 0.444 e. The molecule has 6 nitrogen and oxygen atoms in total. The average molecular weight is 366 g/mol. The van der Waals surface area contributed by atoms with Crippen molar-refractivity contribution < 1.29 is 9.53 Å². The molecule has 6 heteroatoms. The Bertz CT molecular complexity index is 882. The maximum atomic E-state index is 12.2. The zero-order valence-corrected chi connectivity index (χ0v) is 16.3. The highest BCUT2D eigenvalue weighted by molar-refractivity contribution is 5.99. The molecular weight excluding hydrogens is 340 g/mol. The third-order valence-corrected chi connectivity index (χ3v) is 4.57. The average Bonchev–Trinajstić information content (AvgIpc) is 2.58. The minimum absolute atomic E-state index is 0.0101. The first-order valence-corrected chi connectivity index (χ1v) is 9.26. The fraction of sp³-hybridized carbons (Fsp3) is 0.476. The molecule has 0 saturated carbocycles. The first-order valence-electron chi connectivity index (χ1n) is 9.26. The molecule has 1 saturated heterocycles. The van der Waals surface area contributed by atoms with Crippen LogP contribution in [0.5, 0.6) is 0 Å². The van der Waals surface area contributed by atoms with Gasteiger partial charge in [0, 0.05) is 36.4 Å². The number of pyridine rings is 1. The number of hydrogen-bond acceptors (Lipinski definition) is 4. The van der Waals surface area contributed by atoms with Crippen LogP contribution in [-0.2, 0) is 4.74 Å². The zero-order chi connectivity index (χ0) is 19.6. The van der Waals surface area contributed by atoms with E-state index in [1.807, 2.05) is 45.0 Å². The lowest BCUT2D eigenvalue weighted by atomic mass is 9.95. The molecule has 0 aliphatic carbocycles. The minimum atomic E-state index is -0.512. The number of benzene rings is 1. The van der Waals surface area contributed by atoms with Gasteiger partial charge in [0.15, 0.2) is 0 Å². The summed E-state index contributed by atoms with van der Waals surface area (Å²) in [5.41, 5.74) is 1.82. The van der Waals surface area contributed by atoms with Gasteiger partial charge in [0.05, 0.1) is 12.1 Å². The van der Waals surface area contributed by atoms with Crippen molar-refractivity contribution in [1.82, 2.24) is 10.3 Å². The van der Waals surface area contributed by atoms with Gasteiger partial charge in [0.25, 0.3) is 0 Å². The quantitative estimate of drug-likeness (QED) is 0.794. The van der Waals surface area contributed by atoms with Crippen LogP contribution in [0.25, 0.3) is 15.7 Å². The Kier molecular flexibility index (Phi) is 5.22. The summed E-state index contributed by atoms with van der Waals surface area (Å²) < 4.78 is 5.41. The second-order valence-electron chi connectivity index (χ2n) is 8.20. The van der Waals surface area contributed by atoms with Gasteiger partial charge in [-0.15, -0.1) is 0 Å². The molecule has 1 amide bonds. The molecule has 1 aromatic heterocycles. The van der Waals surface area contributed by atoms with Gasteiger partial charge in [-0.3, -0.25) is 4.98 Å². The van der Waals surface area contributed by atoms with Gasteiger partial charge >= 0.3 is 6.09 Å². The van der Waals surface area contributed by atoms with Crippen molar-refractivity contribution >= 4 is 28.4 Å². The molecule has 3 rings (SSSR count). The Morgan fingerprint density at radius 2 is 2.11 bits per heavy atom. The zero-order valence-electron chi connectivity index (χ0n) is 16.3. The van der Waals surface area contributed by atoms with Crippen LogP contribution in [0.15, 0.2) is 30.5 Å². The lowest BCUT2D eigenvalue weighted by molar-refractivity contribution is 0.0495. The number of ether oxygens (including phenoxy) is 1. The lowest BCUT2D eigenvalue weighted by Crippen LogP contribution is -2.51. The number of amides is 1. The molecule has 1 N–H and O–H groups in total. The van der Waals surface area contributed by atoms with Crippen LogP contribution in [0.4, 0.5) is 16.2 Å². The molecular formula is C21H26N4O2. The first-order chi connectivity index (χ1) is 12.8. The number of aromatic nitrogens is 1. The normalized spacial score (nSPS) is 20.2. The van der Waals surface area contributed by atoms with E-state index in [1.54, 1.807) is 6.20 Å². The van der Waals surface area contributed by atoms with Crippen molar-refractivity contribution in [3.8, 4) is 0 Å². The molecule has 0 radical (unpaired) electrons. The fourth-order valence-electron chi connectivity index (χ4n) is 3.64. The third kappa shape index (κ3) is 4.48. The summed E-state index contributed by atoms with van der Waals surface area (Å²) in [7, 11) is 0. The summed E-state index contributed by atoms with van der Waals surface area (Å²) in [4.78, 5) is 22.4. The van der Waals surface area contributed by atoms with Gasteiger partial charge in [-0.05, 0) is 45.2 Å². The van der Waals surface area contributed by atoms with E-state index in [0.717, 1.165) is 29.6 Å². The number of alkyl carbamates (subject to hydrolysis) is 1. The Morgan fingerprint density at radius 3 is 2.81 bits per heavy atom. The van der Waals surface area contributed by atoms with Gasteiger partial charge in [-0.25, -0.2) is 9.64 Å². The highest BCUT2D eigenvalue weighted by Crippen LogP contribution is 2.34. The molecule has 27 heavy (non-hydrogen) atoms. The van der Waals surface area contributed by atoms with Gasteiger partial charge < -0.3 is 15.0 Å². The van der Waals surface area contributed by atoms with Crippen LogP contribution in [0, 0.1) is 12.5 Å². The van der Waals surface area contributed by atoms with Crippen LogP contribution in [0.1, 0.15) is 34.1 Å². The number of carbonyl (C=O) groups is 1. The predicted molar refractivity (Wildman–Crippen MR) is 107 cm³/mol. The maximum Gasteiger partial charge on any atom is 0.407 e. The van der Waals surface area contributed by atoms with Crippen LogP contribution >= 0.6 is 0 Å². The van der Waals surface area contributed by atoms with Gasteiger partial charge in [-0.1, -0.05) is 19.1 Å². The standard InChI is InChI=1S/C21H26N4O2/c1-14-11-15(24-20(26)27-21(2,3)4)13-25(12-14)18-9-8-17(22-5)19-16(18)7-6-10-23-19/h6-10,14-15H,11-13H2,1-4H3,(H,24,26)/t14-,15+/m0/s1. The lowest BCUT2D eigenvalue weighted by Gasteiger charge is -2.39. The van der Waals surface area contributed by atoms with E-state index < -0.39 is 5.60 Å². The van der Waals surface area contributed by atoms with Crippen LogP contribution < -0.4 is 10.2 Å². The molecule has 0 bridgehead atoms. The van der Waals surface area contributed by atoms with E-state index in [0.29, 0.717) is 18.2 Å². The number of nitrogens with zero attached hydrogens (tertiary/aromatic N) is 3. The van der Waals surface area contributed by atoms with E-state index in [-0.39, 0.29) is 12.1 Å². The van der Waals surface area contributed by atoms with Gasteiger partial charge in [0.2, 0.25) is 5.69 Å². The Morgan fingerprint density at radius 1 is 1.33 bits per heavy atom. The molecule has 0 spiro atoms. The molecule has 1 fully saturated rings. The Balaban J connectivity index is 1.84. The van der Waals surface area contributed by atoms with Crippen molar-refractivity contribution in [2.24, 2.45) is 5.92 Å². The second-order valence-corrected chi connectivity index (χ2v) is 8.20. The number of piperidine rings is 1. The summed E-state index contributed by atoms with van der Waals surface area (Å²) in [6.07, 6.45) is 2.25. The van der Waals surface area contributed by atoms with Crippen LogP contribution in [0.3, 0.4) is 0 Å². The number of nitrogens with one attached hydrogen (secondary N) is 1. The van der Waals surface area contributed by atoms with Crippen molar-refractivity contribution in [3.63, 3.8) is 0 Å². The third-order valence-electron chi connectivity index (χ3n) is 4.57.